The smallest absolute Gasteiger partial charge is 0.306 e. The van der Waals surface area contributed by atoms with Gasteiger partial charge in [-0.2, -0.15) is 0 Å². The third-order valence-electron chi connectivity index (χ3n) is 5.15. The molecule has 2 heterocycles. The van der Waals surface area contributed by atoms with Gasteiger partial charge in [0, 0.05) is 13.0 Å². The summed E-state index contributed by atoms with van der Waals surface area (Å²) in [5.74, 6) is 0.723. The van der Waals surface area contributed by atoms with Crippen LogP contribution in [-0.4, -0.2) is 35.6 Å². The molecule has 0 saturated heterocycles. The number of benzene rings is 2. The summed E-state index contributed by atoms with van der Waals surface area (Å²) in [6, 6.07) is 13.7. The molecular weight excluding hydrogens is 370 g/mol. The Kier molecular flexibility index (Phi) is 5.46. The number of imidazole rings is 1. The van der Waals surface area contributed by atoms with E-state index in [1.165, 1.54) is 7.11 Å². The zero-order valence-electron chi connectivity index (χ0n) is 16.2. The van der Waals surface area contributed by atoms with Crippen LogP contribution in [0.25, 0.3) is 11.0 Å². The summed E-state index contributed by atoms with van der Waals surface area (Å²) < 4.78 is 10.6. The minimum absolute atomic E-state index is 0.0809. The Balaban J connectivity index is 1.39. The Hall–Kier alpha value is -3.35. The minimum atomic E-state index is -0.413. The molecule has 0 radical (unpaired) electrons. The van der Waals surface area contributed by atoms with E-state index < -0.39 is 5.92 Å². The van der Waals surface area contributed by atoms with Crippen LogP contribution in [0.4, 0.5) is 0 Å². The average molecular weight is 393 g/mol. The van der Waals surface area contributed by atoms with Gasteiger partial charge in [0.15, 0.2) is 0 Å². The molecule has 2 aromatic carbocycles. The number of hydrogen-bond donors (Lipinski definition) is 2. The van der Waals surface area contributed by atoms with Crippen LogP contribution in [0, 0.1) is 5.92 Å². The van der Waals surface area contributed by atoms with Crippen LogP contribution in [0.5, 0.6) is 5.75 Å². The number of para-hydroxylation sites is 2. The van der Waals surface area contributed by atoms with Crippen molar-refractivity contribution in [2.75, 3.05) is 13.7 Å². The number of nitrogens with one attached hydrogen (secondary N) is 2. The molecule has 1 amide bonds. The number of ether oxygens (including phenoxy) is 2. The Morgan fingerprint density at radius 2 is 2.07 bits per heavy atom. The summed E-state index contributed by atoms with van der Waals surface area (Å²) in [5, 5.41) is 2.89. The van der Waals surface area contributed by atoms with Crippen LogP contribution in [-0.2, 0) is 33.7 Å². The number of esters is 1. The number of fused-ring (bicyclic) bond motifs is 2. The molecule has 1 aromatic heterocycles. The van der Waals surface area contributed by atoms with E-state index in [0.29, 0.717) is 26.0 Å². The van der Waals surface area contributed by atoms with Gasteiger partial charge in [0.25, 0.3) is 0 Å². The largest absolute Gasteiger partial charge is 0.493 e. The first-order valence-electron chi connectivity index (χ1n) is 9.65. The van der Waals surface area contributed by atoms with E-state index in [0.717, 1.165) is 33.7 Å². The first-order chi connectivity index (χ1) is 14.1. The van der Waals surface area contributed by atoms with Crippen molar-refractivity contribution in [3.63, 3.8) is 0 Å². The third kappa shape index (κ3) is 4.39. The Bertz CT molecular complexity index is 1010. The van der Waals surface area contributed by atoms with Gasteiger partial charge in [0.05, 0.1) is 37.1 Å². The summed E-state index contributed by atoms with van der Waals surface area (Å²) in [7, 11) is 1.33. The van der Waals surface area contributed by atoms with Crippen molar-refractivity contribution < 1.29 is 19.1 Å². The van der Waals surface area contributed by atoms with Crippen LogP contribution in [0.2, 0.25) is 0 Å². The topological polar surface area (TPSA) is 93.3 Å². The summed E-state index contributed by atoms with van der Waals surface area (Å²) in [5.41, 5.74) is 4.02. The second-order valence-electron chi connectivity index (χ2n) is 7.13. The van der Waals surface area contributed by atoms with Gasteiger partial charge in [-0.25, -0.2) is 4.98 Å². The van der Waals surface area contributed by atoms with E-state index in [1.54, 1.807) is 0 Å². The molecule has 0 aliphatic carbocycles. The number of hydrogen-bond acceptors (Lipinski definition) is 5. The van der Waals surface area contributed by atoms with Crippen molar-refractivity contribution in [3.05, 3.63) is 59.4 Å². The average Bonchev–Trinajstić information content (AvgIpc) is 3.08. The number of rotatable bonds is 6. The number of carbonyl (C=O) groups excluding carboxylic acids is 2. The van der Waals surface area contributed by atoms with E-state index >= 15 is 0 Å². The maximum absolute atomic E-state index is 12.3. The van der Waals surface area contributed by atoms with E-state index in [2.05, 4.69) is 15.3 Å². The highest BCUT2D eigenvalue weighted by atomic mass is 16.5. The van der Waals surface area contributed by atoms with Gasteiger partial charge in [-0.05, 0) is 41.8 Å². The van der Waals surface area contributed by atoms with Gasteiger partial charge >= 0.3 is 5.97 Å². The van der Waals surface area contributed by atoms with E-state index in [1.807, 2.05) is 42.5 Å². The lowest BCUT2D eigenvalue weighted by Gasteiger charge is -2.12. The fourth-order valence-corrected chi connectivity index (χ4v) is 3.58. The predicted molar refractivity (Wildman–Crippen MR) is 107 cm³/mol. The third-order valence-corrected chi connectivity index (χ3v) is 5.15. The summed E-state index contributed by atoms with van der Waals surface area (Å²) in [6.07, 6.45) is 1.26. The van der Waals surface area contributed by atoms with E-state index in [4.69, 9.17) is 9.47 Å². The van der Waals surface area contributed by atoms with Crippen LogP contribution in [0.3, 0.4) is 0 Å². The molecule has 1 aliphatic rings. The van der Waals surface area contributed by atoms with Crippen molar-refractivity contribution in [2.24, 2.45) is 5.92 Å². The lowest BCUT2D eigenvalue weighted by Crippen LogP contribution is -2.30. The highest BCUT2D eigenvalue weighted by Gasteiger charge is 2.26. The van der Waals surface area contributed by atoms with Gasteiger partial charge in [-0.3, -0.25) is 9.59 Å². The maximum Gasteiger partial charge on any atom is 0.306 e. The summed E-state index contributed by atoms with van der Waals surface area (Å²) in [6.45, 7) is 0.919. The van der Waals surface area contributed by atoms with E-state index in [9.17, 15) is 9.59 Å². The molecule has 2 N–H and O–H groups in total. The highest BCUT2D eigenvalue weighted by Crippen LogP contribution is 2.25. The quantitative estimate of drug-likeness (QED) is 0.628. The lowest BCUT2D eigenvalue weighted by molar-refractivity contribution is -0.144. The molecule has 29 heavy (non-hydrogen) atoms. The van der Waals surface area contributed by atoms with Gasteiger partial charge in [-0.1, -0.05) is 18.2 Å². The van der Waals surface area contributed by atoms with Crippen molar-refractivity contribution in [1.29, 1.82) is 0 Å². The number of aromatic amines is 1. The lowest BCUT2D eigenvalue weighted by atomic mass is 9.94. The molecule has 4 rings (SSSR count). The number of methoxy groups -OCH3 is 1. The summed E-state index contributed by atoms with van der Waals surface area (Å²) >= 11 is 0. The second-order valence-corrected chi connectivity index (χ2v) is 7.13. The first kappa shape index (κ1) is 19.0. The molecule has 7 nitrogen and oxygen atoms in total. The fourth-order valence-electron chi connectivity index (χ4n) is 3.58. The Labute approximate surface area is 168 Å². The molecular formula is C22H23N3O4. The van der Waals surface area contributed by atoms with Crippen LogP contribution < -0.4 is 10.1 Å². The molecule has 0 spiro atoms. The Morgan fingerprint density at radius 3 is 2.90 bits per heavy atom. The second kappa shape index (κ2) is 8.34. The van der Waals surface area contributed by atoms with Crippen LogP contribution in [0.1, 0.15) is 23.4 Å². The van der Waals surface area contributed by atoms with Crippen molar-refractivity contribution in [1.82, 2.24) is 15.3 Å². The highest BCUT2D eigenvalue weighted by molar-refractivity contribution is 5.84. The first-order valence-corrected chi connectivity index (χ1v) is 9.65. The molecule has 0 fully saturated rings. The molecule has 7 heteroatoms. The minimum Gasteiger partial charge on any atom is -0.493 e. The fraction of sp³-hybridized carbons (Fsp3) is 0.318. The zero-order chi connectivity index (χ0) is 20.2. The number of amides is 1. The van der Waals surface area contributed by atoms with Crippen LogP contribution >= 0.6 is 0 Å². The number of carbonyl (C=O) groups is 2. The number of nitrogens with zero attached hydrogens (tertiary/aromatic N) is 1. The van der Waals surface area contributed by atoms with Gasteiger partial charge in [-0.15, -0.1) is 0 Å². The SMILES string of the molecule is COC(=O)CC1Cc2ccc(OCCc3nc4ccccc4[nH]3)cc2CNC1=O. The van der Waals surface area contributed by atoms with Gasteiger partial charge in [0.2, 0.25) is 5.91 Å². The molecule has 3 aromatic rings. The monoisotopic (exact) mass is 393 g/mol. The van der Waals surface area contributed by atoms with Crippen molar-refractivity contribution in [3.8, 4) is 5.75 Å². The maximum atomic E-state index is 12.3. The van der Waals surface area contributed by atoms with E-state index in [-0.39, 0.29) is 18.3 Å². The summed E-state index contributed by atoms with van der Waals surface area (Å²) in [4.78, 5) is 31.7. The molecule has 150 valence electrons. The van der Waals surface area contributed by atoms with Gasteiger partial charge < -0.3 is 19.8 Å². The molecule has 0 saturated carbocycles. The van der Waals surface area contributed by atoms with Crippen molar-refractivity contribution >= 4 is 22.9 Å². The standard InChI is InChI=1S/C22H23N3O4/c1-28-21(26)12-15-10-14-6-7-17(11-16(14)13-23-22(15)27)29-9-8-20-24-18-4-2-3-5-19(18)25-20/h2-7,11,15H,8-10,12-13H2,1H3,(H,23,27)(H,24,25). The Morgan fingerprint density at radius 1 is 1.21 bits per heavy atom. The molecule has 1 atom stereocenters. The molecule has 0 bridgehead atoms. The zero-order valence-corrected chi connectivity index (χ0v) is 16.2. The predicted octanol–water partition coefficient (Wildman–Crippen LogP) is 2.54. The molecule has 1 unspecified atom stereocenters. The van der Waals surface area contributed by atoms with Crippen LogP contribution in [0.15, 0.2) is 42.5 Å². The number of H-pyrrole nitrogens is 1. The molecule has 1 aliphatic heterocycles. The normalized spacial score (nSPS) is 16.0. The van der Waals surface area contributed by atoms with Crippen molar-refractivity contribution in [2.45, 2.75) is 25.8 Å². The van der Waals surface area contributed by atoms with Gasteiger partial charge in [0.1, 0.15) is 11.6 Å². The number of aromatic nitrogens is 2.